The van der Waals surface area contributed by atoms with Crippen molar-refractivity contribution in [2.45, 2.75) is 25.5 Å². The first kappa shape index (κ1) is 23.6. The molecule has 2 aromatic carbocycles. The smallest absolute Gasteiger partial charge is 0.259 e. The van der Waals surface area contributed by atoms with E-state index >= 15 is 0 Å². The number of aromatic nitrogens is 1. The largest absolute Gasteiger partial charge is 0.508 e. The number of carbonyl (C=O) groups excluding carboxylic acids is 1. The summed E-state index contributed by atoms with van der Waals surface area (Å²) < 4.78 is 0. The highest BCUT2D eigenvalue weighted by Gasteiger charge is 2.20. The topological polar surface area (TPSA) is 120 Å². The minimum absolute atomic E-state index is 0. The van der Waals surface area contributed by atoms with Gasteiger partial charge in [-0.2, -0.15) is 0 Å². The molecule has 0 fully saturated rings. The van der Waals surface area contributed by atoms with Gasteiger partial charge in [0.15, 0.2) is 11.2 Å². The van der Waals surface area contributed by atoms with Gasteiger partial charge in [-0.3, -0.25) is 4.79 Å². The summed E-state index contributed by atoms with van der Waals surface area (Å²) in [7, 11) is 0. The Kier molecular flexibility index (Phi) is 8.61. The lowest BCUT2D eigenvalue weighted by molar-refractivity contribution is -0.124. The lowest BCUT2D eigenvalue weighted by Gasteiger charge is -2.15. The first-order valence-corrected chi connectivity index (χ1v) is 10.1. The van der Waals surface area contributed by atoms with Gasteiger partial charge in [0.05, 0.1) is 5.69 Å². The van der Waals surface area contributed by atoms with Crippen molar-refractivity contribution in [2.24, 2.45) is 0 Å². The molecule has 160 valence electrons. The SMILES string of the molecule is C[C@@H](NCCc1ccc(NC(=O)[C@H](O)c2csc(N)n2)cc1)c1ccccc1O.Cl. The van der Waals surface area contributed by atoms with Gasteiger partial charge >= 0.3 is 0 Å². The second kappa shape index (κ2) is 10.9. The number of thiazole rings is 1. The van der Waals surface area contributed by atoms with Crippen molar-refractivity contribution < 1.29 is 15.0 Å². The zero-order chi connectivity index (χ0) is 20.8. The second-order valence-electron chi connectivity index (χ2n) is 6.68. The summed E-state index contributed by atoms with van der Waals surface area (Å²) >= 11 is 1.17. The molecule has 1 heterocycles. The van der Waals surface area contributed by atoms with Crippen LogP contribution in [0.25, 0.3) is 0 Å². The molecule has 30 heavy (non-hydrogen) atoms. The van der Waals surface area contributed by atoms with Gasteiger partial charge in [0.25, 0.3) is 5.91 Å². The molecule has 3 rings (SSSR count). The maximum Gasteiger partial charge on any atom is 0.259 e. The van der Waals surface area contributed by atoms with Crippen molar-refractivity contribution in [3.05, 3.63) is 70.7 Å². The van der Waals surface area contributed by atoms with E-state index in [4.69, 9.17) is 5.73 Å². The van der Waals surface area contributed by atoms with Gasteiger partial charge in [-0.15, -0.1) is 23.7 Å². The van der Waals surface area contributed by atoms with Crippen molar-refractivity contribution in [3.63, 3.8) is 0 Å². The van der Waals surface area contributed by atoms with Crippen LogP contribution in [0.4, 0.5) is 10.8 Å². The van der Waals surface area contributed by atoms with Crippen LogP contribution in [0.2, 0.25) is 0 Å². The van der Waals surface area contributed by atoms with E-state index in [1.54, 1.807) is 29.6 Å². The maximum absolute atomic E-state index is 12.1. The van der Waals surface area contributed by atoms with E-state index < -0.39 is 12.0 Å². The Labute approximate surface area is 185 Å². The minimum atomic E-state index is -1.36. The summed E-state index contributed by atoms with van der Waals surface area (Å²) in [4.78, 5) is 16.1. The molecule has 0 radical (unpaired) electrons. The third-order valence-corrected chi connectivity index (χ3v) is 5.25. The Hall–Kier alpha value is -2.65. The van der Waals surface area contributed by atoms with Crippen LogP contribution in [0.15, 0.2) is 53.9 Å². The van der Waals surface area contributed by atoms with Crippen LogP contribution in [0, 0.1) is 0 Å². The molecule has 0 bridgehead atoms. The number of para-hydroxylation sites is 1. The van der Waals surface area contributed by atoms with Crippen LogP contribution >= 0.6 is 23.7 Å². The Morgan fingerprint density at radius 3 is 2.53 bits per heavy atom. The van der Waals surface area contributed by atoms with Crippen molar-refractivity contribution in [1.82, 2.24) is 10.3 Å². The number of anilines is 2. The Bertz CT molecular complexity index is 965. The van der Waals surface area contributed by atoms with Gasteiger partial charge < -0.3 is 26.6 Å². The standard InChI is InChI=1S/C21H24N4O3S.ClH/c1-13(16-4-2-3-5-18(16)26)23-11-10-14-6-8-15(9-7-14)24-20(28)19(27)17-12-29-21(22)25-17;/h2-9,12-13,19,23,26-27H,10-11H2,1H3,(H2,22,25)(H,24,28);1H/t13-,19-;/m1./s1. The Morgan fingerprint density at radius 1 is 1.20 bits per heavy atom. The third kappa shape index (κ3) is 6.17. The summed E-state index contributed by atoms with van der Waals surface area (Å²) in [5.41, 5.74) is 8.34. The number of phenols is 1. The Balaban J connectivity index is 0.00000320. The molecule has 0 saturated heterocycles. The number of nitrogens with two attached hydrogens (primary N) is 1. The van der Waals surface area contributed by atoms with E-state index in [2.05, 4.69) is 15.6 Å². The lowest BCUT2D eigenvalue weighted by Crippen LogP contribution is -2.22. The van der Waals surface area contributed by atoms with E-state index in [0.29, 0.717) is 10.8 Å². The van der Waals surface area contributed by atoms with Crippen molar-refractivity contribution >= 4 is 40.5 Å². The highest BCUT2D eigenvalue weighted by Crippen LogP contribution is 2.23. The normalized spacial score (nSPS) is 12.6. The molecule has 0 spiro atoms. The molecule has 0 unspecified atom stereocenters. The molecule has 0 saturated carbocycles. The lowest BCUT2D eigenvalue weighted by atomic mass is 10.1. The fourth-order valence-corrected chi connectivity index (χ4v) is 3.50. The highest BCUT2D eigenvalue weighted by molar-refractivity contribution is 7.13. The summed E-state index contributed by atoms with van der Waals surface area (Å²) in [6, 6.07) is 14.8. The van der Waals surface area contributed by atoms with Crippen LogP contribution in [0.5, 0.6) is 5.75 Å². The molecule has 2 atom stereocenters. The van der Waals surface area contributed by atoms with E-state index in [-0.39, 0.29) is 29.9 Å². The summed E-state index contributed by atoms with van der Waals surface area (Å²) in [6.45, 7) is 2.75. The fraction of sp³-hybridized carbons (Fsp3) is 0.238. The number of rotatable bonds is 8. The van der Waals surface area contributed by atoms with Crippen LogP contribution in [0.3, 0.4) is 0 Å². The van der Waals surface area contributed by atoms with Gasteiger partial charge in [0, 0.05) is 22.7 Å². The number of hydrogen-bond acceptors (Lipinski definition) is 7. The minimum Gasteiger partial charge on any atom is -0.508 e. The van der Waals surface area contributed by atoms with E-state index in [0.717, 1.165) is 24.1 Å². The summed E-state index contributed by atoms with van der Waals surface area (Å²) in [5, 5.41) is 27.9. The van der Waals surface area contributed by atoms with Crippen molar-refractivity contribution in [2.75, 3.05) is 17.6 Å². The predicted octanol–water partition coefficient (Wildman–Crippen LogP) is 3.42. The molecular weight excluding hydrogens is 424 g/mol. The molecular formula is C21H25ClN4O3S. The summed E-state index contributed by atoms with van der Waals surface area (Å²) in [5.74, 6) is -0.267. The van der Waals surface area contributed by atoms with Gasteiger partial charge in [-0.1, -0.05) is 30.3 Å². The number of aromatic hydroxyl groups is 1. The first-order chi connectivity index (χ1) is 13.9. The van der Waals surface area contributed by atoms with Crippen LogP contribution in [-0.2, 0) is 11.2 Å². The number of amides is 1. The number of aliphatic hydroxyl groups excluding tert-OH is 1. The van der Waals surface area contributed by atoms with E-state index in [1.165, 1.54) is 11.3 Å². The van der Waals surface area contributed by atoms with E-state index in [1.807, 2.05) is 31.2 Å². The highest BCUT2D eigenvalue weighted by atomic mass is 35.5. The second-order valence-corrected chi connectivity index (χ2v) is 7.57. The zero-order valence-electron chi connectivity index (χ0n) is 16.4. The van der Waals surface area contributed by atoms with Gasteiger partial charge in [0.1, 0.15) is 5.75 Å². The summed E-state index contributed by atoms with van der Waals surface area (Å²) in [6.07, 6.45) is -0.560. The molecule has 1 amide bonds. The number of halogens is 1. The van der Waals surface area contributed by atoms with Crippen LogP contribution < -0.4 is 16.4 Å². The quantitative estimate of drug-likeness (QED) is 0.360. The average molecular weight is 449 g/mol. The molecule has 0 aliphatic rings. The maximum atomic E-state index is 12.1. The van der Waals surface area contributed by atoms with Crippen molar-refractivity contribution in [1.29, 1.82) is 0 Å². The zero-order valence-corrected chi connectivity index (χ0v) is 18.0. The number of hydrogen-bond donors (Lipinski definition) is 5. The molecule has 0 aliphatic heterocycles. The van der Waals surface area contributed by atoms with E-state index in [9.17, 15) is 15.0 Å². The van der Waals surface area contributed by atoms with Crippen molar-refractivity contribution in [3.8, 4) is 5.75 Å². The van der Waals surface area contributed by atoms with Gasteiger partial charge in [-0.25, -0.2) is 4.98 Å². The van der Waals surface area contributed by atoms with Crippen LogP contribution in [-0.4, -0.2) is 27.6 Å². The molecule has 1 aromatic heterocycles. The number of nitrogen functional groups attached to an aromatic ring is 1. The molecule has 0 aliphatic carbocycles. The first-order valence-electron chi connectivity index (χ1n) is 9.24. The number of aliphatic hydroxyl groups is 1. The number of nitrogens with one attached hydrogen (secondary N) is 2. The number of nitrogens with zero attached hydrogens (tertiary/aromatic N) is 1. The predicted molar refractivity (Wildman–Crippen MR) is 122 cm³/mol. The fourth-order valence-electron chi connectivity index (χ4n) is 2.92. The molecule has 7 nitrogen and oxygen atoms in total. The number of carbonyl (C=O) groups is 1. The molecule has 9 heteroatoms. The third-order valence-electron chi connectivity index (χ3n) is 4.56. The molecule has 3 aromatic rings. The molecule has 6 N–H and O–H groups in total. The average Bonchev–Trinajstić information content (AvgIpc) is 3.15. The number of benzene rings is 2. The Morgan fingerprint density at radius 2 is 1.90 bits per heavy atom. The monoisotopic (exact) mass is 448 g/mol. The van der Waals surface area contributed by atoms with Gasteiger partial charge in [-0.05, 0) is 43.7 Å². The van der Waals surface area contributed by atoms with Crippen LogP contribution in [0.1, 0.15) is 35.9 Å². The van der Waals surface area contributed by atoms with Gasteiger partial charge in [0.2, 0.25) is 0 Å². The number of phenolic OH excluding ortho intramolecular Hbond substituents is 1.